The molecule has 1 unspecified atom stereocenters. The van der Waals surface area contributed by atoms with Crippen LogP contribution in [0.5, 0.6) is 5.75 Å². The number of aryl methyl sites for hydroxylation is 1. The van der Waals surface area contributed by atoms with Crippen molar-refractivity contribution >= 4 is 23.0 Å². The summed E-state index contributed by atoms with van der Waals surface area (Å²) in [6.45, 7) is 9.07. The van der Waals surface area contributed by atoms with Crippen LogP contribution in [-0.4, -0.2) is 52.9 Å². The number of benzene rings is 2. The van der Waals surface area contributed by atoms with E-state index >= 15 is 0 Å². The van der Waals surface area contributed by atoms with Crippen molar-refractivity contribution in [1.82, 2.24) is 14.5 Å². The van der Waals surface area contributed by atoms with Gasteiger partial charge >= 0.3 is 12.1 Å². The van der Waals surface area contributed by atoms with Crippen molar-refractivity contribution in [1.29, 1.82) is 0 Å². The van der Waals surface area contributed by atoms with Crippen molar-refractivity contribution in [3.05, 3.63) is 94.9 Å². The maximum Gasteiger partial charge on any atom is 0.419 e. The van der Waals surface area contributed by atoms with E-state index < -0.39 is 11.7 Å². The molecular weight excluding hydrogens is 530 g/mol. The number of hydrogen-bond donors (Lipinski definition) is 0. The van der Waals surface area contributed by atoms with Gasteiger partial charge in [0.1, 0.15) is 11.4 Å². The van der Waals surface area contributed by atoms with Crippen LogP contribution in [0.25, 0.3) is 10.9 Å². The number of likely N-dealkylation sites (tertiary alicyclic amines) is 1. The highest BCUT2D eigenvalue weighted by molar-refractivity contribution is 5.95. The second kappa shape index (κ2) is 12.0. The number of carbonyl (C=O) groups excluding carboxylic acids is 2. The summed E-state index contributed by atoms with van der Waals surface area (Å²) in [6, 6.07) is 15.9. The molecule has 1 aliphatic rings. The van der Waals surface area contributed by atoms with E-state index in [1.807, 2.05) is 76.4 Å². The lowest BCUT2D eigenvalue weighted by Gasteiger charge is -2.40. The van der Waals surface area contributed by atoms with E-state index in [1.54, 1.807) is 24.1 Å². The molecule has 1 aliphatic heterocycles. The Balaban J connectivity index is 1.53. The van der Waals surface area contributed by atoms with Crippen LogP contribution in [0.4, 0.5) is 4.79 Å². The molecule has 1 saturated heterocycles. The summed E-state index contributed by atoms with van der Waals surface area (Å²) in [5.74, 6) is 0.793. The molecule has 2 atom stereocenters. The number of pyridine rings is 1. The lowest BCUT2D eigenvalue weighted by Crippen LogP contribution is -2.36. The Hall–Kier alpha value is -4.17. The molecule has 0 bridgehead atoms. The maximum absolute atomic E-state index is 13.1. The normalized spacial score (nSPS) is 17.7. The molecule has 0 spiro atoms. The van der Waals surface area contributed by atoms with Crippen molar-refractivity contribution in [3.8, 4) is 5.75 Å². The fraction of sp³-hybridized carbons (Fsp3) is 0.382. The van der Waals surface area contributed by atoms with Crippen molar-refractivity contribution in [3.63, 3.8) is 0 Å². The number of ether oxygens (including phenoxy) is 3. The Morgan fingerprint density at radius 1 is 1.05 bits per heavy atom. The molecule has 2 aromatic heterocycles. The molecule has 8 nitrogen and oxygen atoms in total. The van der Waals surface area contributed by atoms with Gasteiger partial charge in [0.15, 0.2) is 0 Å². The van der Waals surface area contributed by atoms with Gasteiger partial charge in [-0.05, 0) is 100 Å². The highest BCUT2D eigenvalue weighted by Gasteiger charge is 2.32. The summed E-state index contributed by atoms with van der Waals surface area (Å²) in [6.07, 6.45) is 7.03. The van der Waals surface area contributed by atoms with E-state index in [0.29, 0.717) is 18.0 Å². The zero-order valence-electron chi connectivity index (χ0n) is 25.2. The first-order valence-corrected chi connectivity index (χ1v) is 14.3. The smallest absolute Gasteiger partial charge is 0.419 e. The molecule has 0 amide bonds. The van der Waals surface area contributed by atoms with Crippen LogP contribution in [0, 0.1) is 6.92 Å². The van der Waals surface area contributed by atoms with Gasteiger partial charge in [0.25, 0.3) is 0 Å². The summed E-state index contributed by atoms with van der Waals surface area (Å²) >= 11 is 0. The molecule has 0 saturated carbocycles. The minimum absolute atomic E-state index is 0.0876. The van der Waals surface area contributed by atoms with Crippen LogP contribution in [0.15, 0.2) is 67.1 Å². The molecule has 0 aliphatic carbocycles. The van der Waals surface area contributed by atoms with Crippen LogP contribution in [0.3, 0.4) is 0 Å². The summed E-state index contributed by atoms with van der Waals surface area (Å²) in [5, 5.41) is 0.965. The monoisotopic (exact) mass is 569 g/mol. The average molecular weight is 570 g/mol. The van der Waals surface area contributed by atoms with Crippen molar-refractivity contribution in [2.75, 3.05) is 20.8 Å². The quantitative estimate of drug-likeness (QED) is 0.230. The minimum atomic E-state index is -0.605. The van der Waals surface area contributed by atoms with E-state index in [2.05, 4.69) is 16.0 Å². The summed E-state index contributed by atoms with van der Waals surface area (Å²) in [5.41, 5.74) is 5.07. The third-order valence-corrected chi connectivity index (χ3v) is 7.99. The van der Waals surface area contributed by atoms with Crippen LogP contribution in [0.1, 0.15) is 78.2 Å². The largest absolute Gasteiger partial charge is 0.496 e. The van der Waals surface area contributed by atoms with E-state index in [4.69, 9.17) is 14.2 Å². The fourth-order valence-corrected chi connectivity index (χ4v) is 6.00. The second-order valence-corrected chi connectivity index (χ2v) is 11.9. The zero-order chi connectivity index (χ0) is 30.0. The molecule has 5 rings (SSSR count). The Labute approximate surface area is 247 Å². The number of hydrogen-bond acceptors (Lipinski definition) is 7. The van der Waals surface area contributed by atoms with Gasteiger partial charge in [-0.25, -0.2) is 9.59 Å². The molecule has 8 heteroatoms. The molecule has 42 heavy (non-hydrogen) atoms. The van der Waals surface area contributed by atoms with Crippen LogP contribution < -0.4 is 4.74 Å². The number of fused-ring (bicyclic) bond motifs is 1. The highest BCUT2D eigenvalue weighted by atomic mass is 16.6. The number of methoxy groups -OCH3 is 2. The summed E-state index contributed by atoms with van der Waals surface area (Å²) in [4.78, 5) is 32.1. The molecule has 0 N–H and O–H groups in total. The number of nitrogens with zero attached hydrogens (tertiary/aromatic N) is 3. The summed E-state index contributed by atoms with van der Waals surface area (Å²) in [7, 11) is 3.08. The number of piperidine rings is 1. The molecule has 2 aromatic carbocycles. The molecular formula is C34H39N3O5. The standard InChI is InChI=1S/C34H39N3O5/c1-22-18-30(40-5)28(27-14-17-37(31(22)27)33(39)42-34(2,3)4)21-36-16-13-25(26-8-7-15-35-20-26)19-29(36)23-9-11-24(12-10-23)32(38)41-6/h7-12,14-15,17-18,20,25,29H,13,16,19,21H2,1-6H3/t25?,29-/m0/s1. The molecule has 0 radical (unpaired) electrons. The Bertz CT molecular complexity index is 1570. The van der Waals surface area contributed by atoms with Crippen LogP contribution >= 0.6 is 0 Å². The van der Waals surface area contributed by atoms with Crippen molar-refractivity contribution in [2.24, 2.45) is 0 Å². The first-order chi connectivity index (χ1) is 20.1. The first-order valence-electron chi connectivity index (χ1n) is 14.3. The Morgan fingerprint density at radius 2 is 1.81 bits per heavy atom. The van der Waals surface area contributed by atoms with Gasteiger partial charge in [0.2, 0.25) is 0 Å². The van der Waals surface area contributed by atoms with Gasteiger partial charge in [0.05, 0.1) is 25.3 Å². The van der Waals surface area contributed by atoms with E-state index in [0.717, 1.165) is 52.7 Å². The molecule has 1 fully saturated rings. The van der Waals surface area contributed by atoms with Gasteiger partial charge < -0.3 is 14.2 Å². The van der Waals surface area contributed by atoms with E-state index in [9.17, 15) is 9.59 Å². The highest BCUT2D eigenvalue weighted by Crippen LogP contribution is 2.42. The first kappa shape index (κ1) is 29.3. The third-order valence-electron chi connectivity index (χ3n) is 7.99. The Morgan fingerprint density at radius 3 is 2.45 bits per heavy atom. The van der Waals surface area contributed by atoms with Crippen molar-refractivity contribution < 1.29 is 23.8 Å². The van der Waals surface area contributed by atoms with Gasteiger partial charge in [-0.15, -0.1) is 0 Å². The summed E-state index contributed by atoms with van der Waals surface area (Å²) < 4.78 is 18.1. The van der Waals surface area contributed by atoms with E-state index in [1.165, 1.54) is 12.7 Å². The number of carbonyl (C=O) groups is 2. The van der Waals surface area contributed by atoms with Crippen LogP contribution in [-0.2, 0) is 16.0 Å². The number of rotatable bonds is 6. The predicted octanol–water partition coefficient (Wildman–Crippen LogP) is 7.04. The fourth-order valence-electron chi connectivity index (χ4n) is 6.00. The maximum atomic E-state index is 13.1. The third kappa shape index (κ3) is 6.04. The molecule has 220 valence electrons. The Kier molecular flexibility index (Phi) is 8.36. The number of aromatic nitrogens is 2. The van der Waals surface area contributed by atoms with Crippen molar-refractivity contribution in [2.45, 2.75) is 64.6 Å². The number of esters is 1. The van der Waals surface area contributed by atoms with Crippen LogP contribution in [0.2, 0.25) is 0 Å². The lowest BCUT2D eigenvalue weighted by molar-refractivity contribution is 0.0542. The minimum Gasteiger partial charge on any atom is -0.496 e. The molecule has 3 heterocycles. The lowest BCUT2D eigenvalue weighted by atomic mass is 9.83. The predicted molar refractivity (Wildman–Crippen MR) is 162 cm³/mol. The second-order valence-electron chi connectivity index (χ2n) is 11.9. The molecule has 4 aromatic rings. The SMILES string of the molecule is COC(=O)c1ccc([C@@H]2CC(c3cccnc3)CCN2Cc2c(OC)cc(C)c3c2ccn3C(=O)OC(C)(C)C)cc1. The van der Waals surface area contributed by atoms with Gasteiger partial charge in [-0.2, -0.15) is 0 Å². The topological polar surface area (TPSA) is 82.9 Å². The van der Waals surface area contributed by atoms with E-state index in [-0.39, 0.29) is 12.0 Å². The average Bonchev–Trinajstić information content (AvgIpc) is 3.44. The van der Waals surface area contributed by atoms with Gasteiger partial charge in [0, 0.05) is 42.1 Å². The van der Waals surface area contributed by atoms with Gasteiger partial charge in [-0.1, -0.05) is 18.2 Å². The van der Waals surface area contributed by atoms with Gasteiger partial charge in [-0.3, -0.25) is 14.5 Å². The zero-order valence-corrected chi connectivity index (χ0v) is 25.2.